The molecule has 2 aliphatic heterocycles. The molecule has 0 spiro atoms. The average Bonchev–Trinajstić information content (AvgIpc) is 2.90. The molecule has 0 unspecified atom stereocenters. The maximum atomic E-state index is 11.9. The summed E-state index contributed by atoms with van der Waals surface area (Å²) in [7, 11) is 0. The van der Waals surface area contributed by atoms with E-state index in [1.54, 1.807) is 0 Å². The lowest BCUT2D eigenvalue weighted by Gasteiger charge is -2.22. The summed E-state index contributed by atoms with van der Waals surface area (Å²) in [4.78, 5) is 14.2. The predicted molar refractivity (Wildman–Crippen MR) is 74.1 cm³/mol. The second-order valence-electron chi connectivity index (χ2n) is 5.20. The molecule has 5 nitrogen and oxygen atoms in total. The summed E-state index contributed by atoms with van der Waals surface area (Å²) < 4.78 is 10.6. The van der Waals surface area contributed by atoms with Crippen molar-refractivity contribution in [3.8, 4) is 0 Å². The van der Waals surface area contributed by atoms with Crippen molar-refractivity contribution in [1.82, 2.24) is 10.2 Å². The van der Waals surface area contributed by atoms with Crippen molar-refractivity contribution in [3.63, 3.8) is 0 Å². The smallest absolute Gasteiger partial charge is 0.251 e. The van der Waals surface area contributed by atoms with Gasteiger partial charge in [-0.2, -0.15) is 0 Å². The van der Waals surface area contributed by atoms with Gasteiger partial charge in [0.05, 0.1) is 19.8 Å². The van der Waals surface area contributed by atoms with E-state index in [2.05, 4.69) is 34.5 Å². The molecule has 0 bridgehead atoms. The van der Waals surface area contributed by atoms with Crippen LogP contribution >= 0.6 is 0 Å². The van der Waals surface area contributed by atoms with Gasteiger partial charge in [-0.15, -0.1) is 0 Å². The van der Waals surface area contributed by atoms with Gasteiger partial charge >= 0.3 is 0 Å². The van der Waals surface area contributed by atoms with E-state index in [4.69, 9.17) is 9.47 Å². The standard InChI is InChI=1S/C15H20N2O3/c18-15(14-11-19-7-8-20-14)16-5-6-17-9-12-3-1-2-4-13(12)10-17/h1-4,14H,5-11H2,(H,16,18)/t14-/m1/s1. The zero-order valence-electron chi connectivity index (χ0n) is 11.5. The van der Waals surface area contributed by atoms with E-state index >= 15 is 0 Å². The number of rotatable bonds is 4. The summed E-state index contributed by atoms with van der Waals surface area (Å²) in [5.41, 5.74) is 2.78. The molecule has 1 fully saturated rings. The van der Waals surface area contributed by atoms with E-state index in [1.165, 1.54) is 11.1 Å². The van der Waals surface area contributed by atoms with Crippen LogP contribution in [-0.4, -0.2) is 49.8 Å². The molecule has 2 heterocycles. The van der Waals surface area contributed by atoms with Gasteiger partial charge in [0.15, 0.2) is 6.10 Å². The Morgan fingerprint density at radius 3 is 2.65 bits per heavy atom. The van der Waals surface area contributed by atoms with Crippen LogP contribution in [0.15, 0.2) is 24.3 Å². The molecule has 0 radical (unpaired) electrons. The molecule has 5 heteroatoms. The number of benzene rings is 1. The van der Waals surface area contributed by atoms with Crippen LogP contribution in [0.25, 0.3) is 0 Å². The number of carbonyl (C=O) groups is 1. The lowest BCUT2D eigenvalue weighted by molar-refractivity contribution is -0.147. The van der Waals surface area contributed by atoms with Gasteiger partial charge < -0.3 is 14.8 Å². The van der Waals surface area contributed by atoms with E-state index < -0.39 is 6.10 Å². The molecular weight excluding hydrogens is 256 g/mol. The van der Waals surface area contributed by atoms with Gasteiger partial charge in [-0.1, -0.05) is 24.3 Å². The Balaban J connectivity index is 1.39. The summed E-state index contributed by atoms with van der Waals surface area (Å²) in [6.07, 6.45) is -0.445. The zero-order chi connectivity index (χ0) is 13.8. The van der Waals surface area contributed by atoms with E-state index in [0.29, 0.717) is 26.4 Å². The molecule has 2 aliphatic rings. The first-order chi connectivity index (χ1) is 9.83. The molecule has 0 aliphatic carbocycles. The Hall–Kier alpha value is -1.43. The number of hydrogen-bond acceptors (Lipinski definition) is 4. The van der Waals surface area contributed by atoms with Crippen molar-refractivity contribution >= 4 is 5.91 Å². The minimum absolute atomic E-state index is 0.0681. The maximum absolute atomic E-state index is 11.9. The van der Waals surface area contributed by atoms with Crippen LogP contribution < -0.4 is 5.32 Å². The highest BCUT2D eigenvalue weighted by Crippen LogP contribution is 2.21. The summed E-state index contributed by atoms with van der Waals surface area (Å²) in [5, 5.41) is 2.92. The van der Waals surface area contributed by atoms with Crippen molar-refractivity contribution in [3.05, 3.63) is 35.4 Å². The predicted octanol–water partition coefficient (Wildman–Crippen LogP) is 0.534. The van der Waals surface area contributed by atoms with Gasteiger partial charge in [0.1, 0.15) is 0 Å². The van der Waals surface area contributed by atoms with Crippen molar-refractivity contribution in [2.24, 2.45) is 0 Å². The number of carbonyl (C=O) groups excluding carboxylic acids is 1. The highest BCUT2D eigenvalue weighted by atomic mass is 16.6. The summed E-state index contributed by atoms with van der Waals surface area (Å²) >= 11 is 0. The molecule has 1 aromatic carbocycles. The number of nitrogens with zero attached hydrogens (tertiary/aromatic N) is 1. The monoisotopic (exact) mass is 276 g/mol. The SMILES string of the molecule is O=C(NCCN1Cc2ccccc2C1)[C@H]1COCCO1. The molecule has 20 heavy (non-hydrogen) atoms. The topological polar surface area (TPSA) is 50.8 Å². The van der Waals surface area contributed by atoms with Crippen molar-refractivity contribution < 1.29 is 14.3 Å². The number of fused-ring (bicyclic) bond motifs is 1. The van der Waals surface area contributed by atoms with Crippen molar-refractivity contribution in [2.45, 2.75) is 19.2 Å². The Kier molecular flexibility index (Phi) is 4.30. The van der Waals surface area contributed by atoms with Gasteiger partial charge in [-0.25, -0.2) is 0 Å². The second-order valence-corrected chi connectivity index (χ2v) is 5.20. The van der Waals surface area contributed by atoms with Crippen LogP contribution in [0, 0.1) is 0 Å². The lowest BCUT2D eigenvalue weighted by Crippen LogP contribution is -2.44. The van der Waals surface area contributed by atoms with Gasteiger partial charge in [0, 0.05) is 26.2 Å². The fourth-order valence-electron chi connectivity index (χ4n) is 2.65. The highest BCUT2D eigenvalue weighted by molar-refractivity contribution is 5.80. The third-order valence-electron chi connectivity index (χ3n) is 3.74. The van der Waals surface area contributed by atoms with E-state index in [9.17, 15) is 4.79 Å². The van der Waals surface area contributed by atoms with Crippen LogP contribution in [-0.2, 0) is 27.4 Å². The molecule has 1 aromatic rings. The van der Waals surface area contributed by atoms with E-state index in [-0.39, 0.29) is 5.91 Å². The molecule has 0 aromatic heterocycles. The molecule has 1 N–H and O–H groups in total. The summed E-state index contributed by atoms with van der Waals surface area (Å²) in [5.74, 6) is -0.0681. The molecule has 3 rings (SSSR count). The number of nitrogens with one attached hydrogen (secondary N) is 1. The third-order valence-corrected chi connectivity index (χ3v) is 3.74. The zero-order valence-corrected chi connectivity index (χ0v) is 11.5. The normalized spacial score (nSPS) is 22.5. The third kappa shape index (κ3) is 3.17. The fourth-order valence-corrected chi connectivity index (χ4v) is 2.65. The summed E-state index contributed by atoms with van der Waals surface area (Å²) in [6, 6.07) is 8.48. The minimum atomic E-state index is -0.445. The van der Waals surface area contributed by atoms with E-state index in [1.807, 2.05) is 0 Å². The van der Waals surface area contributed by atoms with Crippen LogP contribution in [0.5, 0.6) is 0 Å². The summed E-state index contributed by atoms with van der Waals surface area (Å²) in [6.45, 7) is 4.88. The number of ether oxygens (including phenoxy) is 2. The number of hydrogen-bond donors (Lipinski definition) is 1. The fraction of sp³-hybridized carbons (Fsp3) is 0.533. The minimum Gasteiger partial charge on any atom is -0.376 e. The van der Waals surface area contributed by atoms with Crippen molar-refractivity contribution in [2.75, 3.05) is 32.9 Å². The molecular formula is C15H20N2O3. The molecule has 1 atom stereocenters. The van der Waals surface area contributed by atoms with Crippen LogP contribution in [0.2, 0.25) is 0 Å². The van der Waals surface area contributed by atoms with Crippen molar-refractivity contribution in [1.29, 1.82) is 0 Å². The Morgan fingerprint density at radius 2 is 2.00 bits per heavy atom. The van der Waals surface area contributed by atoms with Gasteiger partial charge in [-0.05, 0) is 11.1 Å². The molecule has 108 valence electrons. The largest absolute Gasteiger partial charge is 0.376 e. The van der Waals surface area contributed by atoms with Crippen LogP contribution in [0.4, 0.5) is 0 Å². The first kappa shape index (κ1) is 13.5. The van der Waals surface area contributed by atoms with Crippen LogP contribution in [0.1, 0.15) is 11.1 Å². The second kappa shape index (κ2) is 6.35. The maximum Gasteiger partial charge on any atom is 0.251 e. The molecule has 1 saturated heterocycles. The van der Waals surface area contributed by atoms with Gasteiger partial charge in [0.25, 0.3) is 5.91 Å². The van der Waals surface area contributed by atoms with Gasteiger partial charge in [-0.3, -0.25) is 9.69 Å². The first-order valence-corrected chi connectivity index (χ1v) is 7.09. The number of amides is 1. The van der Waals surface area contributed by atoms with Crippen LogP contribution in [0.3, 0.4) is 0 Å². The van der Waals surface area contributed by atoms with Gasteiger partial charge in [0.2, 0.25) is 0 Å². The quantitative estimate of drug-likeness (QED) is 0.872. The molecule has 1 amide bonds. The van der Waals surface area contributed by atoms with E-state index in [0.717, 1.165) is 19.6 Å². The Bertz CT molecular complexity index is 447. The highest BCUT2D eigenvalue weighted by Gasteiger charge is 2.23. The Labute approximate surface area is 118 Å². The first-order valence-electron chi connectivity index (χ1n) is 7.09. The lowest BCUT2D eigenvalue weighted by atomic mass is 10.1. The Morgan fingerprint density at radius 1 is 1.25 bits per heavy atom. The molecule has 0 saturated carbocycles. The average molecular weight is 276 g/mol.